The van der Waals surface area contributed by atoms with Crippen molar-refractivity contribution in [3.05, 3.63) is 11.1 Å². The van der Waals surface area contributed by atoms with Gasteiger partial charge in [0.2, 0.25) is 5.91 Å². The summed E-state index contributed by atoms with van der Waals surface area (Å²) >= 11 is 1.49. The molecule has 1 aromatic rings. The minimum Gasteiger partial charge on any atom is -0.330 e. The van der Waals surface area contributed by atoms with Gasteiger partial charge in [0.15, 0.2) is 5.13 Å². The molecule has 15 heavy (non-hydrogen) atoms. The zero-order valence-corrected chi connectivity index (χ0v) is 9.93. The number of nitrogens with zero attached hydrogens (tertiary/aromatic N) is 1. The van der Waals surface area contributed by atoms with Gasteiger partial charge < -0.3 is 11.1 Å². The monoisotopic (exact) mass is 227 g/mol. The Bertz CT molecular complexity index is 324. The Hall–Kier alpha value is -0.940. The maximum absolute atomic E-state index is 11.6. The van der Waals surface area contributed by atoms with Gasteiger partial charge >= 0.3 is 0 Å². The van der Waals surface area contributed by atoms with Crippen LogP contribution in [0, 0.1) is 12.8 Å². The molecular weight excluding hydrogens is 210 g/mol. The van der Waals surface area contributed by atoms with Crippen LogP contribution in [0.25, 0.3) is 0 Å². The van der Waals surface area contributed by atoms with Gasteiger partial charge in [-0.1, -0.05) is 6.92 Å². The minimum atomic E-state index is -0.00208. The second-order valence-corrected chi connectivity index (χ2v) is 4.83. The Kier molecular flexibility index (Phi) is 4.71. The summed E-state index contributed by atoms with van der Waals surface area (Å²) in [7, 11) is 0. The van der Waals surface area contributed by atoms with Crippen molar-refractivity contribution in [3.63, 3.8) is 0 Å². The van der Waals surface area contributed by atoms with E-state index in [2.05, 4.69) is 10.3 Å². The largest absolute Gasteiger partial charge is 0.330 e. The molecule has 3 N–H and O–H groups in total. The van der Waals surface area contributed by atoms with Crippen LogP contribution in [0.4, 0.5) is 5.13 Å². The third-order valence-corrected chi connectivity index (χ3v) is 2.97. The number of hydrogen-bond donors (Lipinski definition) is 2. The zero-order chi connectivity index (χ0) is 11.3. The number of nitrogens with two attached hydrogens (primary N) is 1. The SMILES string of the molecule is Cc1cnc(NC(=O)C(C)CCCN)s1. The topological polar surface area (TPSA) is 68.0 Å². The summed E-state index contributed by atoms with van der Waals surface area (Å²) in [6.45, 7) is 4.50. The number of amides is 1. The molecule has 0 aromatic carbocycles. The molecule has 0 aliphatic carbocycles. The summed E-state index contributed by atoms with van der Waals surface area (Å²) < 4.78 is 0. The Morgan fingerprint density at radius 1 is 1.73 bits per heavy atom. The molecule has 0 aliphatic heterocycles. The summed E-state index contributed by atoms with van der Waals surface area (Å²) in [4.78, 5) is 16.8. The van der Waals surface area contributed by atoms with Crippen molar-refractivity contribution in [2.24, 2.45) is 11.7 Å². The first-order valence-electron chi connectivity index (χ1n) is 5.07. The summed E-state index contributed by atoms with van der Waals surface area (Å²) in [6.07, 6.45) is 3.46. The summed E-state index contributed by atoms with van der Waals surface area (Å²) in [6, 6.07) is 0. The summed E-state index contributed by atoms with van der Waals surface area (Å²) in [5.74, 6) is 0.0237. The predicted octanol–water partition coefficient (Wildman–Crippen LogP) is 1.77. The average molecular weight is 227 g/mol. The van der Waals surface area contributed by atoms with Crippen molar-refractivity contribution < 1.29 is 4.79 Å². The number of aryl methyl sites for hydroxylation is 1. The van der Waals surface area contributed by atoms with E-state index < -0.39 is 0 Å². The molecule has 84 valence electrons. The molecule has 1 heterocycles. The van der Waals surface area contributed by atoms with Crippen molar-refractivity contribution in [2.45, 2.75) is 26.7 Å². The lowest BCUT2D eigenvalue weighted by Gasteiger charge is -2.09. The lowest BCUT2D eigenvalue weighted by molar-refractivity contribution is -0.119. The van der Waals surface area contributed by atoms with Gasteiger partial charge in [0.1, 0.15) is 0 Å². The van der Waals surface area contributed by atoms with E-state index in [0.717, 1.165) is 17.7 Å². The second kappa shape index (κ2) is 5.82. The van der Waals surface area contributed by atoms with Crippen LogP contribution < -0.4 is 11.1 Å². The van der Waals surface area contributed by atoms with Crippen molar-refractivity contribution in [1.82, 2.24) is 4.98 Å². The fourth-order valence-corrected chi connectivity index (χ4v) is 1.86. The highest BCUT2D eigenvalue weighted by Gasteiger charge is 2.13. The van der Waals surface area contributed by atoms with E-state index in [9.17, 15) is 4.79 Å². The third-order valence-electron chi connectivity index (χ3n) is 2.14. The Balaban J connectivity index is 2.41. The molecule has 1 aromatic heterocycles. The Labute approximate surface area is 93.9 Å². The van der Waals surface area contributed by atoms with Crippen LogP contribution in [0.3, 0.4) is 0 Å². The lowest BCUT2D eigenvalue weighted by atomic mass is 10.1. The molecule has 0 saturated heterocycles. The fraction of sp³-hybridized carbons (Fsp3) is 0.600. The van der Waals surface area contributed by atoms with Crippen molar-refractivity contribution in [3.8, 4) is 0 Å². The number of thiazole rings is 1. The normalized spacial score (nSPS) is 12.5. The number of anilines is 1. The van der Waals surface area contributed by atoms with Gasteiger partial charge in [-0.05, 0) is 26.3 Å². The maximum atomic E-state index is 11.6. The number of aromatic nitrogens is 1. The van der Waals surface area contributed by atoms with E-state index in [1.54, 1.807) is 6.20 Å². The average Bonchev–Trinajstić information content (AvgIpc) is 2.60. The Morgan fingerprint density at radius 2 is 2.47 bits per heavy atom. The predicted molar refractivity (Wildman–Crippen MR) is 62.9 cm³/mol. The molecule has 0 fully saturated rings. The number of carbonyl (C=O) groups is 1. The first-order valence-corrected chi connectivity index (χ1v) is 5.88. The number of nitrogens with one attached hydrogen (secondary N) is 1. The maximum Gasteiger partial charge on any atom is 0.228 e. The first kappa shape index (κ1) is 12.1. The molecule has 0 aliphatic rings. The van der Waals surface area contributed by atoms with Crippen molar-refractivity contribution >= 4 is 22.4 Å². The van der Waals surface area contributed by atoms with Crippen LogP contribution in [0.15, 0.2) is 6.20 Å². The minimum absolute atomic E-state index is 0.00208. The smallest absolute Gasteiger partial charge is 0.228 e. The first-order chi connectivity index (χ1) is 7.13. The lowest BCUT2D eigenvalue weighted by Crippen LogP contribution is -2.21. The number of carbonyl (C=O) groups excluding carboxylic acids is 1. The van der Waals surface area contributed by atoms with Crippen LogP contribution in [-0.2, 0) is 4.79 Å². The quantitative estimate of drug-likeness (QED) is 0.805. The molecule has 1 atom stereocenters. The molecule has 0 radical (unpaired) electrons. The summed E-state index contributed by atoms with van der Waals surface area (Å²) in [5, 5.41) is 3.48. The van der Waals surface area contributed by atoms with Crippen LogP contribution >= 0.6 is 11.3 Å². The van der Waals surface area contributed by atoms with Gasteiger partial charge in [0.25, 0.3) is 0 Å². The highest BCUT2D eigenvalue weighted by molar-refractivity contribution is 7.15. The number of rotatable bonds is 5. The van der Waals surface area contributed by atoms with E-state index >= 15 is 0 Å². The summed E-state index contributed by atoms with van der Waals surface area (Å²) in [5.41, 5.74) is 5.39. The zero-order valence-electron chi connectivity index (χ0n) is 9.12. The molecule has 1 unspecified atom stereocenters. The van der Waals surface area contributed by atoms with Crippen LogP contribution in [0.1, 0.15) is 24.6 Å². The highest BCUT2D eigenvalue weighted by atomic mass is 32.1. The van der Waals surface area contributed by atoms with E-state index in [-0.39, 0.29) is 11.8 Å². The van der Waals surface area contributed by atoms with E-state index in [1.807, 2.05) is 13.8 Å². The molecule has 1 amide bonds. The number of hydrogen-bond acceptors (Lipinski definition) is 4. The standard InChI is InChI=1S/C10H17N3OS/c1-7(4-3-5-11)9(14)13-10-12-6-8(2)15-10/h6-7H,3-5,11H2,1-2H3,(H,12,13,14). The van der Waals surface area contributed by atoms with Gasteiger partial charge in [-0.15, -0.1) is 11.3 Å². The second-order valence-electron chi connectivity index (χ2n) is 3.60. The molecule has 0 saturated carbocycles. The van der Waals surface area contributed by atoms with Crippen molar-refractivity contribution in [2.75, 3.05) is 11.9 Å². The van der Waals surface area contributed by atoms with Gasteiger partial charge in [-0.2, -0.15) is 0 Å². The molecule has 0 bridgehead atoms. The highest BCUT2D eigenvalue weighted by Crippen LogP contribution is 2.18. The van der Waals surface area contributed by atoms with Gasteiger partial charge in [-0.25, -0.2) is 4.98 Å². The van der Waals surface area contributed by atoms with Gasteiger partial charge in [0.05, 0.1) is 0 Å². The van der Waals surface area contributed by atoms with E-state index in [0.29, 0.717) is 11.7 Å². The Morgan fingerprint density at radius 3 is 3.00 bits per heavy atom. The third kappa shape index (κ3) is 3.97. The van der Waals surface area contributed by atoms with Crippen molar-refractivity contribution in [1.29, 1.82) is 0 Å². The molecule has 1 rings (SSSR count). The van der Waals surface area contributed by atoms with Gasteiger partial charge in [-0.3, -0.25) is 4.79 Å². The van der Waals surface area contributed by atoms with Crippen LogP contribution in [0.5, 0.6) is 0 Å². The fourth-order valence-electron chi connectivity index (χ4n) is 1.20. The molecule has 4 nitrogen and oxygen atoms in total. The van der Waals surface area contributed by atoms with Crippen LogP contribution in [-0.4, -0.2) is 17.4 Å². The van der Waals surface area contributed by atoms with E-state index in [4.69, 9.17) is 5.73 Å². The molecular formula is C10H17N3OS. The molecule has 5 heteroatoms. The van der Waals surface area contributed by atoms with Gasteiger partial charge in [0, 0.05) is 17.0 Å². The molecule has 0 spiro atoms. The van der Waals surface area contributed by atoms with Crippen LogP contribution in [0.2, 0.25) is 0 Å². The van der Waals surface area contributed by atoms with E-state index in [1.165, 1.54) is 11.3 Å².